The van der Waals surface area contributed by atoms with Gasteiger partial charge >= 0.3 is 0 Å². The largest absolute Gasteiger partial charge is 0.493 e. The summed E-state index contributed by atoms with van der Waals surface area (Å²) in [7, 11) is 6.63. The second-order valence-corrected chi connectivity index (χ2v) is 11.3. The van der Waals surface area contributed by atoms with Crippen LogP contribution in [0.4, 0.5) is 0 Å². The van der Waals surface area contributed by atoms with Gasteiger partial charge in [0.15, 0.2) is 23.0 Å². The Morgan fingerprint density at radius 3 is 1.22 bits per heavy atom. The summed E-state index contributed by atoms with van der Waals surface area (Å²) in [6.45, 7) is 4.47. The van der Waals surface area contributed by atoms with Crippen molar-refractivity contribution in [3.63, 3.8) is 0 Å². The molecule has 4 rings (SSSR count). The van der Waals surface area contributed by atoms with Crippen LogP contribution in [0, 0.1) is 0 Å². The molecule has 0 saturated carbocycles. The molecule has 6 nitrogen and oxygen atoms in total. The van der Waals surface area contributed by atoms with Gasteiger partial charge in [-0.3, -0.25) is 0 Å². The molecule has 0 fully saturated rings. The third kappa shape index (κ3) is 9.74. The Bertz CT molecular complexity index is 1420. The minimum Gasteiger partial charge on any atom is -0.493 e. The highest BCUT2D eigenvalue weighted by molar-refractivity contribution is 5.57. The van der Waals surface area contributed by atoms with Crippen molar-refractivity contribution in [2.24, 2.45) is 0 Å². The van der Waals surface area contributed by atoms with E-state index in [1.165, 1.54) is 11.1 Å². The predicted octanol–water partition coefficient (Wildman–Crippen LogP) is 8.67. The van der Waals surface area contributed by atoms with Crippen LogP contribution in [0.15, 0.2) is 109 Å². The zero-order valence-corrected chi connectivity index (χ0v) is 27.9. The van der Waals surface area contributed by atoms with Crippen molar-refractivity contribution in [3.8, 4) is 23.0 Å². The molecular weight excluding hydrogens is 572 g/mol. The SMILES string of the molecule is COc1ccc(/C=C/C[C@H](N[C@@H](C)c2ccccc2)[C@H](C/C=C/c2ccc(OC)c(OC)c2)N[C@@H](C)c2ccccc2)cc1OC. The number of ether oxygens (including phenoxy) is 4. The van der Waals surface area contributed by atoms with E-state index in [0.717, 1.165) is 35.5 Å². The summed E-state index contributed by atoms with van der Waals surface area (Å²) in [4.78, 5) is 0. The Balaban J connectivity index is 1.63. The van der Waals surface area contributed by atoms with Gasteiger partial charge in [0.2, 0.25) is 0 Å². The maximum absolute atomic E-state index is 5.53. The zero-order valence-electron chi connectivity index (χ0n) is 27.9. The molecule has 4 aromatic rings. The smallest absolute Gasteiger partial charge is 0.161 e. The first-order chi connectivity index (χ1) is 22.4. The summed E-state index contributed by atoms with van der Waals surface area (Å²) < 4.78 is 21.9. The van der Waals surface area contributed by atoms with Crippen molar-refractivity contribution in [1.29, 1.82) is 0 Å². The van der Waals surface area contributed by atoms with E-state index in [4.69, 9.17) is 18.9 Å². The fraction of sp³-hybridized carbons (Fsp3) is 0.300. The van der Waals surface area contributed by atoms with E-state index in [-0.39, 0.29) is 24.2 Å². The molecule has 0 heterocycles. The van der Waals surface area contributed by atoms with Crippen LogP contribution in [-0.4, -0.2) is 40.5 Å². The highest BCUT2D eigenvalue weighted by atomic mass is 16.5. The summed E-state index contributed by atoms with van der Waals surface area (Å²) in [6, 6.07) is 33.8. The maximum Gasteiger partial charge on any atom is 0.161 e. The Morgan fingerprint density at radius 2 is 0.870 bits per heavy atom. The van der Waals surface area contributed by atoms with E-state index in [0.29, 0.717) is 11.5 Å². The minimum absolute atomic E-state index is 0.118. The lowest BCUT2D eigenvalue weighted by Crippen LogP contribution is -2.49. The van der Waals surface area contributed by atoms with Gasteiger partial charge in [0.25, 0.3) is 0 Å². The molecule has 4 atom stereocenters. The van der Waals surface area contributed by atoms with Crippen molar-refractivity contribution >= 4 is 12.2 Å². The first-order valence-electron chi connectivity index (χ1n) is 15.8. The number of benzene rings is 4. The van der Waals surface area contributed by atoms with Crippen LogP contribution in [0.5, 0.6) is 23.0 Å². The van der Waals surface area contributed by atoms with Crippen LogP contribution in [0.2, 0.25) is 0 Å². The quantitative estimate of drug-likeness (QED) is 0.123. The molecule has 0 aliphatic rings. The molecule has 0 unspecified atom stereocenters. The molecule has 0 radical (unpaired) electrons. The molecule has 2 N–H and O–H groups in total. The Hall–Kier alpha value is -4.52. The molecular formula is C40H48N2O4. The fourth-order valence-corrected chi connectivity index (χ4v) is 5.63. The van der Waals surface area contributed by atoms with Crippen molar-refractivity contribution in [1.82, 2.24) is 10.6 Å². The van der Waals surface area contributed by atoms with Crippen LogP contribution in [0.25, 0.3) is 12.2 Å². The highest BCUT2D eigenvalue weighted by Gasteiger charge is 2.24. The van der Waals surface area contributed by atoms with Gasteiger partial charge in [-0.2, -0.15) is 0 Å². The molecule has 0 spiro atoms. The monoisotopic (exact) mass is 620 g/mol. The molecule has 0 amide bonds. The summed E-state index contributed by atoms with van der Waals surface area (Å²) in [5, 5.41) is 7.94. The third-order valence-corrected chi connectivity index (χ3v) is 8.23. The number of methoxy groups -OCH3 is 4. The number of rotatable bonds is 17. The molecule has 0 aliphatic heterocycles. The van der Waals surface area contributed by atoms with Crippen molar-refractivity contribution in [2.75, 3.05) is 28.4 Å². The topological polar surface area (TPSA) is 61.0 Å². The van der Waals surface area contributed by atoms with E-state index in [1.807, 2.05) is 36.4 Å². The van der Waals surface area contributed by atoms with Crippen LogP contribution in [0.3, 0.4) is 0 Å². The van der Waals surface area contributed by atoms with Crippen molar-refractivity contribution in [3.05, 3.63) is 131 Å². The Morgan fingerprint density at radius 1 is 0.500 bits per heavy atom. The van der Waals surface area contributed by atoms with Crippen LogP contribution in [0.1, 0.15) is 61.0 Å². The molecule has 0 aliphatic carbocycles. The van der Waals surface area contributed by atoms with Gasteiger partial charge in [-0.05, 0) is 73.2 Å². The van der Waals surface area contributed by atoms with E-state index in [1.54, 1.807) is 28.4 Å². The first kappa shape index (κ1) is 34.4. The van der Waals surface area contributed by atoms with Gasteiger partial charge in [0.1, 0.15) is 0 Å². The average molecular weight is 621 g/mol. The molecule has 46 heavy (non-hydrogen) atoms. The Kier molecular flexibility index (Phi) is 13.3. The molecule has 0 saturated heterocycles. The lowest BCUT2D eigenvalue weighted by atomic mass is 9.95. The number of nitrogens with one attached hydrogen (secondary N) is 2. The lowest BCUT2D eigenvalue weighted by molar-refractivity contribution is 0.324. The summed E-state index contributed by atoms with van der Waals surface area (Å²) in [5.74, 6) is 2.87. The fourth-order valence-electron chi connectivity index (χ4n) is 5.63. The van der Waals surface area contributed by atoms with Crippen LogP contribution in [-0.2, 0) is 0 Å². The van der Waals surface area contributed by atoms with E-state index >= 15 is 0 Å². The van der Waals surface area contributed by atoms with Crippen LogP contribution >= 0.6 is 0 Å². The number of hydrogen-bond donors (Lipinski definition) is 2. The van der Waals surface area contributed by atoms with Crippen molar-refractivity contribution in [2.45, 2.75) is 50.9 Å². The van der Waals surface area contributed by atoms with Gasteiger partial charge in [-0.25, -0.2) is 0 Å². The van der Waals surface area contributed by atoms with Crippen molar-refractivity contribution < 1.29 is 18.9 Å². The molecule has 242 valence electrons. The highest BCUT2D eigenvalue weighted by Crippen LogP contribution is 2.29. The Labute approximate surface area is 275 Å². The van der Waals surface area contributed by atoms with Gasteiger partial charge in [0, 0.05) is 24.2 Å². The van der Waals surface area contributed by atoms with Crippen LogP contribution < -0.4 is 29.6 Å². The second kappa shape index (κ2) is 17.8. The molecule has 6 heteroatoms. The average Bonchev–Trinajstić information content (AvgIpc) is 3.11. The van der Waals surface area contributed by atoms with E-state index in [9.17, 15) is 0 Å². The second-order valence-electron chi connectivity index (χ2n) is 11.3. The number of hydrogen-bond acceptors (Lipinski definition) is 6. The molecule has 0 aromatic heterocycles. The minimum atomic E-state index is 0.118. The normalized spacial score (nSPS) is 14.1. The van der Waals surface area contributed by atoms with Gasteiger partial charge in [-0.15, -0.1) is 0 Å². The van der Waals surface area contributed by atoms with E-state index in [2.05, 4.69) is 109 Å². The van der Waals surface area contributed by atoms with E-state index < -0.39 is 0 Å². The lowest BCUT2D eigenvalue weighted by Gasteiger charge is -2.33. The standard InChI is InChI=1S/C40H48N2O4/c1-29(33-17-9-7-10-18-33)41-35(21-13-15-31-23-25-37(43-3)39(27-31)45-5)36(42-30(2)34-19-11-8-12-20-34)22-14-16-32-24-26-38(44-4)40(28-32)46-6/h7-20,23-30,35-36,41-42H,21-22H2,1-6H3/b15-13+,16-14+/t29-,30-,35-,36-/m0/s1. The zero-order chi connectivity index (χ0) is 32.7. The molecule has 4 aromatic carbocycles. The molecule has 0 bridgehead atoms. The first-order valence-corrected chi connectivity index (χ1v) is 15.8. The third-order valence-electron chi connectivity index (χ3n) is 8.23. The predicted molar refractivity (Wildman–Crippen MR) is 190 cm³/mol. The summed E-state index contributed by atoms with van der Waals surface area (Å²) in [5.41, 5.74) is 4.63. The van der Waals surface area contributed by atoms with Gasteiger partial charge in [-0.1, -0.05) is 97.1 Å². The summed E-state index contributed by atoms with van der Waals surface area (Å²) >= 11 is 0. The summed E-state index contributed by atoms with van der Waals surface area (Å²) in [6.07, 6.45) is 10.4. The maximum atomic E-state index is 5.53. The van der Waals surface area contributed by atoms with Gasteiger partial charge in [0.05, 0.1) is 28.4 Å². The van der Waals surface area contributed by atoms with Gasteiger partial charge < -0.3 is 29.6 Å².